The predicted molar refractivity (Wildman–Crippen MR) is 176 cm³/mol. The highest BCUT2D eigenvalue weighted by atomic mass is 17.1. The number of nitrogens with one attached hydrogen (secondary N) is 1. The first-order valence-electron chi connectivity index (χ1n) is 17.1. The van der Waals surface area contributed by atoms with E-state index in [1.165, 1.54) is 12.0 Å². The number of rotatable bonds is 30. The van der Waals surface area contributed by atoms with E-state index in [2.05, 4.69) is 51.7 Å². The van der Waals surface area contributed by atoms with Gasteiger partial charge in [0.1, 0.15) is 5.69 Å². The van der Waals surface area contributed by atoms with Crippen LogP contribution in [0.3, 0.4) is 0 Å². The van der Waals surface area contributed by atoms with E-state index in [4.69, 9.17) is 24.2 Å². The average molecular weight is 651 g/mol. The quantitative estimate of drug-likeness (QED) is 0.0448. The first-order chi connectivity index (χ1) is 22.5. The highest BCUT2D eigenvalue weighted by Gasteiger charge is 2.15. The summed E-state index contributed by atoms with van der Waals surface area (Å²) >= 11 is 0. The zero-order valence-corrected chi connectivity index (χ0v) is 28.1. The van der Waals surface area contributed by atoms with Crippen LogP contribution >= 0.6 is 0 Å². The first kappa shape index (κ1) is 39.7. The van der Waals surface area contributed by atoms with Crippen molar-refractivity contribution in [3.8, 4) is 11.3 Å². The number of nitrogens with zero attached hydrogens (tertiary/aromatic N) is 3. The predicted octanol–water partition coefficient (Wildman–Crippen LogP) is 5.18. The largest absolute Gasteiger partial charge is 0.393 e. The van der Waals surface area contributed by atoms with Crippen molar-refractivity contribution in [3.63, 3.8) is 0 Å². The Labute approximate surface area is 275 Å². The molecule has 3 N–H and O–H groups in total. The summed E-state index contributed by atoms with van der Waals surface area (Å²) in [6, 6.07) is 8.46. The zero-order chi connectivity index (χ0) is 33.1. The molecule has 46 heavy (non-hydrogen) atoms. The highest BCUT2D eigenvalue weighted by molar-refractivity contribution is 5.75. The Morgan fingerprint density at radius 2 is 1.57 bits per heavy atom. The lowest BCUT2D eigenvalue weighted by Crippen LogP contribution is -2.24. The summed E-state index contributed by atoms with van der Waals surface area (Å²) in [5.41, 5.74) is 3.15. The number of amides is 1. The van der Waals surface area contributed by atoms with Crippen LogP contribution in [0, 0.1) is 0 Å². The molecule has 0 saturated carbocycles. The van der Waals surface area contributed by atoms with Gasteiger partial charge < -0.3 is 29.4 Å². The van der Waals surface area contributed by atoms with Crippen molar-refractivity contribution in [1.82, 2.24) is 20.3 Å². The van der Waals surface area contributed by atoms with Gasteiger partial charge in [-0.3, -0.25) is 4.79 Å². The molecule has 0 bridgehead atoms. The van der Waals surface area contributed by atoms with Crippen LogP contribution in [0.5, 0.6) is 0 Å². The van der Waals surface area contributed by atoms with E-state index in [0.29, 0.717) is 72.2 Å². The van der Waals surface area contributed by atoms with Crippen LogP contribution in [0.1, 0.15) is 90.0 Å². The number of aromatic nitrogens is 3. The minimum atomic E-state index is -0.759. The van der Waals surface area contributed by atoms with Gasteiger partial charge in [0.2, 0.25) is 5.91 Å². The molecular formula is C34H58N4O8. The van der Waals surface area contributed by atoms with Gasteiger partial charge in [0.15, 0.2) is 6.29 Å². The molecule has 1 amide bonds. The number of aryl methyl sites for hydroxylation is 1. The third-order valence-electron chi connectivity index (χ3n) is 7.48. The van der Waals surface area contributed by atoms with Gasteiger partial charge >= 0.3 is 0 Å². The number of ether oxygens (including phenoxy) is 4. The maximum atomic E-state index is 11.3. The Balaban J connectivity index is 1.49. The van der Waals surface area contributed by atoms with E-state index in [-0.39, 0.29) is 12.3 Å². The smallest absolute Gasteiger partial charge is 0.222 e. The number of hydrogen-bond donors (Lipinski definition) is 3. The number of hydrogen-bond acceptors (Lipinski definition) is 10. The summed E-state index contributed by atoms with van der Waals surface area (Å²) in [6.07, 6.45) is 11.5. The fourth-order valence-electron chi connectivity index (χ4n) is 4.82. The Hall–Kier alpha value is -2.45. The summed E-state index contributed by atoms with van der Waals surface area (Å²) in [6.45, 7) is 8.61. The summed E-state index contributed by atoms with van der Waals surface area (Å²) in [4.78, 5) is 15.7. The molecule has 0 aliphatic carbocycles. The van der Waals surface area contributed by atoms with E-state index in [0.717, 1.165) is 62.6 Å². The van der Waals surface area contributed by atoms with Crippen molar-refractivity contribution in [3.05, 3.63) is 36.0 Å². The molecule has 0 radical (unpaired) electrons. The second-order valence-electron chi connectivity index (χ2n) is 11.4. The minimum Gasteiger partial charge on any atom is -0.393 e. The minimum absolute atomic E-state index is 0.00115. The molecule has 2 aromatic rings. The van der Waals surface area contributed by atoms with Gasteiger partial charge in [0, 0.05) is 31.6 Å². The molecule has 2 unspecified atom stereocenters. The van der Waals surface area contributed by atoms with Crippen LogP contribution < -0.4 is 5.32 Å². The van der Waals surface area contributed by atoms with Crippen molar-refractivity contribution in [1.29, 1.82) is 0 Å². The van der Waals surface area contributed by atoms with Crippen LogP contribution in [0.4, 0.5) is 0 Å². The first-order valence-corrected chi connectivity index (χ1v) is 17.1. The van der Waals surface area contributed by atoms with E-state index < -0.39 is 12.4 Å². The van der Waals surface area contributed by atoms with E-state index in [1.807, 2.05) is 13.1 Å². The van der Waals surface area contributed by atoms with Gasteiger partial charge in [0.05, 0.1) is 58.5 Å². The van der Waals surface area contributed by atoms with Gasteiger partial charge in [-0.05, 0) is 38.2 Å². The molecule has 12 nitrogen and oxygen atoms in total. The van der Waals surface area contributed by atoms with E-state index in [9.17, 15) is 9.90 Å². The van der Waals surface area contributed by atoms with Gasteiger partial charge in [-0.2, -0.15) is 0 Å². The lowest BCUT2D eigenvalue weighted by molar-refractivity contribution is -0.350. The van der Waals surface area contributed by atoms with Crippen LogP contribution in [0.15, 0.2) is 30.5 Å². The fraction of sp³-hybridized carbons (Fsp3) is 0.735. The molecule has 1 aromatic heterocycles. The van der Waals surface area contributed by atoms with Crippen molar-refractivity contribution >= 4 is 5.91 Å². The SMILES string of the molecule is CCCCCCOC(CC(O)CCCCCCc1ccc(-c2cn(CCOCCOCCOCCC(=O)NCC)nn2)cc1)OO. The monoisotopic (exact) mass is 650 g/mol. The Morgan fingerprint density at radius 1 is 0.870 bits per heavy atom. The molecule has 0 fully saturated rings. The van der Waals surface area contributed by atoms with Crippen molar-refractivity contribution in [2.75, 3.05) is 52.8 Å². The molecule has 12 heteroatoms. The van der Waals surface area contributed by atoms with Crippen LogP contribution in [-0.2, 0) is 41.6 Å². The molecular weight excluding hydrogens is 592 g/mol. The van der Waals surface area contributed by atoms with Gasteiger partial charge in [-0.1, -0.05) is 74.9 Å². The molecule has 0 saturated heterocycles. The Kier molecular flexibility index (Phi) is 23.0. The number of benzene rings is 1. The maximum absolute atomic E-state index is 11.3. The number of carbonyl (C=O) groups is 1. The number of unbranched alkanes of at least 4 members (excludes halogenated alkanes) is 6. The summed E-state index contributed by atoms with van der Waals surface area (Å²) in [7, 11) is 0. The lowest BCUT2D eigenvalue weighted by atomic mass is 10.0. The van der Waals surface area contributed by atoms with Gasteiger partial charge in [-0.25, -0.2) is 14.8 Å². The zero-order valence-electron chi connectivity index (χ0n) is 28.1. The van der Waals surface area contributed by atoms with E-state index >= 15 is 0 Å². The molecule has 2 atom stereocenters. The molecule has 1 aromatic carbocycles. The molecule has 2 rings (SSSR count). The number of aliphatic hydroxyl groups is 1. The van der Waals surface area contributed by atoms with Crippen LogP contribution in [0.25, 0.3) is 11.3 Å². The second kappa shape index (κ2) is 26.6. The molecule has 0 spiro atoms. The number of aliphatic hydroxyl groups excluding tert-OH is 1. The van der Waals surface area contributed by atoms with Crippen molar-refractivity contribution < 1.29 is 39.0 Å². The topological polar surface area (TPSA) is 146 Å². The highest BCUT2D eigenvalue weighted by Crippen LogP contribution is 2.19. The summed E-state index contributed by atoms with van der Waals surface area (Å²) < 4.78 is 23.8. The van der Waals surface area contributed by atoms with Crippen LogP contribution in [0.2, 0.25) is 0 Å². The molecule has 0 aliphatic rings. The lowest BCUT2D eigenvalue weighted by Gasteiger charge is -2.18. The standard InChI is InChI=1S/C34H58N4O8/c1-3-5-6-11-20-45-34(46-41)27-31(39)13-10-8-7-9-12-29-14-16-30(17-15-29)32-28-38(37-36-32)19-22-43-24-26-44-25-23-42-21-18-33(40)35-4-2/h14-17,28,31,34,39,41H,3-13,18-27H2,1-2H3,(H,35,40). The van der Waals surface area contributed by atoms with Gasteiger partial charge in [-0.15, -0.1) is 5.10 Å². The summed E-state index contributed by atoms with van der Waals surface area (Å²) in [5.74, 6) is -0.00115. The molecule has 262 valence electrons. The van der Waals surface area contributed by atoms with Crippen LogP contribution in [-0.4, -0.2) is 96.5 Å². The Morgan fingerprint density at radius 3 is 2.28 bits per heavy atom. The molecule has 0 aliphatic heterocycles. The number of carbonyl (C=O) groups excluding carboxylic acids is 1. The third-order valence-corrected chi connectivity index (χ3v) is 7.48. The Bertz CT molecular complexity index is 1010. The van der Waals surface area contributed by atoms with E-state index in [1.54, 1.807) is 4.68 Å². The van der Waals surface area contributed by atoms with Crippen molar-refractivity contribution in [2.45, 2.75) is 110 Å². The normalized spacial score (nSPS) is 12.8. The fourth-order valence-corrected chi connectivity index (χ4v) is 4.82. The van der Waals surface area contributed by atoms with Crippen molar-refractivity contribution in [2.24, 2.45) is 0 Å². The average Bonchev–Trinajstić information content (AvgIpc) is 3.54. The molecule has 1 heterocycles. The van der Waals surface area contributed by atoms with Gasteiger partial charge in [0.25, 0.3) is 0 Å². The third kappa shape index (κ3) is 19.3. The second-order valence-corrected chi connectivity index (χ2v) is 11.4. The summed E-state index contributed by atoms with van der Waals surface area (Å²) in [5, 5.41) is 30.6. The maximum Gasteiger partial charge on any atom is 0.222 e.